The molecular formula is C27H36F3N6O3P. The van der Waals surface area contributed by atoms with Gasteiger partial charge in [0.1, 0.15) is 12.7 Å². The van der Waals surface area contributed by atoms with Gasteiger partial charge in [-0.25, -0.2) is 14.8 Å². The molecule has 0 aliphatic carbocycles. The number of fused-ring (bicyclic) bond motifs is 1. The molecule has 218 valence electrons. The molecule has 1 atom stereocenters. The van der Waals surface area contributed by atoms with Crippen molar-refractivity contribution in [1.29, 1.82) is 0 Å². The Bertz CT molecular complexity index is 1400. The molecule has 13 heteroatoms. The Balaban J connectivity index is 1.65. The lowest BCUT2D eigenvalue weighted by molar-refractivity contribution is -0.137. The molecule has 5 N–H and O–H groups in total. The zero-order chi connectivity index (χ0) is 29.1. The van der Waals surface area contributed by atoms with Gasteiger partial charge in [0.05, 0.1) is 16.8 Å². The zero-order valence-corrected chi connectivity index (χ0v) is 23.6. The lowest BCUT2D eigenvalue weighted by Gasteiger charge is -2.33. The van der Waals surface area contributed by atoms with Crippen LogP contribution in [0.3, 0.4) is 0 Å². The number of unbranched alkanes of at least 4 members (excludes halogenated alkanes) is 3. The van der Waals surface area contributed by atoms with Crippen LogP contribution >= 0.6 is 7.14 Å². The number of nitrogens with one attached hydrogen (secondary N) is 2. The summed E-state index contributed by atoms with van der Waals surface area (Å²) in [5.74, 6) is -1.18. The number of likely N-dealkylation sites (tertiary alicyclic amines) is 1. The summed E-state index contributed by atoms with van der Waals surface area (Å²) in [5.41, 5.74) is 4.41. The van der Waals surface area contributed by atoms with Crippen LogP contribution in [-0.2, 0) is 10.7 Å². The normalized spacial score (nSPS) is 16.9. The Morgan fingerprint density at radius 3 is 2.67 bits per heavy atom. The first-order valence-electron chi connectivity index (χ1n) is 13.5. The molecule has 2 aromatic heterocycles. The minimum atomic E-state index is -4.72. The third-order valence-corrected chi connectivity index (χ3v) is 8.76. The second-order valence-electron chi connectivity index (χ2n) is 10.7. The van der Waals surface area contributed by atoms with Gasteiger partial charge in [-0.05, 0) is 64.7 Å². The van der Waals surface area contributed by atoms with Gasteiger partial charge in [-0.2, -0.15) is 13.2 Å². The summed E-state index contributed by atoms with van der Waals surface area (Å²) in [5, 5.41) is 13.2. The van der Waals surface area contributed by atoms with E-state index in [9.17, 15) is 27.6 Å². The van der Waals surface area contributed by atoms with E-state index >= 15 is 0 Å². The molecule has 0 amide bonds. The van der Waals surface area contributed by atoms with E-state index in [0.717, 1.165) is 64.4 Å². The number of hydrogen-bond acceptors (Lipinski definition) is 7. The molecular weight excluding hydrogens is 544 g/mol. The van der Waals surface area contributed by atoms with Crippen LogP contribution in [0.25, 0.3) is 22.2 Å². The summed E-state index contributed by atoms with van der Waals surface area (Å²) in [4.78, 5) is 25.4. The fourth-order valence-electron chi connectivity index (χ4n) is 5.37. The van der Waals surface area contributed by atoms with E-state index < -0.39 is 24.9 Å². The van der Waals surface area contributed by atoms with Gasteiger partial charge in [0, 0.05) is 41.2 Å². The highest BCUT2D eigenvalue weighted by Gasteiger charge is 2.37. The van der Waals surface area contributed by atoms with E-state index in [2.05, 4.69) is 25.2 Å². The number of anilines is 1. The summed E-state index contributed by atoms with van der Waals surface area (Å²) < 4.78 is 55.2. The quantitative estimate of drug-likeness (QED) is 0.184. The van der Waals surface area contributed by atoms with Crippen LogP contribution in [0.4, 0.5) is 19.1 Å². The summed E-state index contributed by atoms with van der Waals surface area (Å²) in [6, 6.07) is 2.68. The van der Waals surface area contributed by atoms with Crippen LogP contribution in [0, 0.1) is 0 Å². The van der Waals surface area contributed by atoms with E-state index in [1.807, 2.05) is 0 Å². The molecule has 0 spiro atoms. The van der Waals surface area contributed by atoms with E-state index in [-0.39, 0.29) is 39.6 Å². The monoisotopic (exact) mass is 580 g/mol. The van der Waals surface area contributed by atoms with Crippen LogP contribution in [0.1, 0.15) is 54.4 Å². The number of halogens is 3. The van der Waals surface area contributed by atoms with Crippen molar-refractivity contribution in [2.45, 2.75) is 50.7 Å². The zero-order valence-electron chi connectivity index (χ0n) is 22.7. The fraction of sp³-hybridized carbons (Fsp3) is 0.519. The van der Waals surface area contributed by atoms with Crippen molar-refractivity contribution in [1.82, 2.24) is 19.9 Å². The number of alkyl halides is 3. The number of nitrogens with zero attached hydrogens (tertiary/aromatic N) is 3. The van der Waals surface area contributed by atoms with E-state index in [4.69, 9.17) is 5.73 Å². The van der Waals surface area contributed by atoms with E-state index in [1.165, 1.54) is 31.7 Å². The number of carboxylic acid groups (broad SMARTS) is 1. The molecule has 1 fully saturated rings. The molecule has 9 nitrogen and oxygen atoms in total. The predicted octanol–water partition coefficient (Wildman–Crippen LogP) is 4.99. The van der Waals surface area contributed by atoms with Gasteiger partial charge in [0.25, 0.3) is 0 Å². The van der Waals surface area contributed by atoms with Gasteiger partial charge >= 0.3 is 12.1 Å². The minimum Gasteiger partial charge on any atom is -0.478 e. The Labute approximate surface area is 231 Å². The Hall–Kier alpha value is -2.95. The number of aromatic carboxylic acids is 1. The summed E-state index contributed by atoms with van der Waals surface area (Å²) in [6.07, 6.45) is 3.52. The largest absolute Gasteiger partial charge is 0.478 e. The summed E-state index contributed by atoms with van der Waals surface area (Å²) in [6.45, 7) is 6.23. The number of carbonyl (C=O) groups is 1. The van der Waals surface area contributed by atoms with Crippen molar-refractivity contribution in [2.75, 3.05) is 44.8 Å². The lowest BCUT2D eigenvalue weighted by Crippen LogP contribution is -2.42. The van der Waals surface area contributed by atoms with Crippen molar-refractivity contribution >= 4 is 35.3 Å². The Morgan fingerprint density at radius 2 is 2.00 bits per heavy atom. The van der Waals surface area contributed by atoms with Crippen LogP contribution in [-0.4, -0.2) is 76.5 Å². The maximum Gasteiger partial charge on any atom is 0.419 e. The van der Waals surface area contributed by atoms with Gasteiger partial charge < -0.3 is 30.6 Å². The first-order chi connectivity index (χ1) is 18.9. The number of hydrogen-bond donors (Lipinski definition) is 4. The van der Waals surface area contributed by atoms with E-state index in [1.54, 1.807) is 0 Å². The molecule has 0 bridgehead atoms. The molecule has 1 aliphatic rings. The number of aromatic nitrogens is 3. The first kappa shape index (κ1) is 30.0. The Morgan fingerprint density at radius 1 is 1.25 bits per heavy atom. The third-order valence-electron chi connectivity index (χ3n) is 7.21. The maximum absolute atomic E-state index is 14.1. The van der Waals surface area contributed by atoms with Gasteiger partial charge in [-0.1, -0.05) is 18.9 Å². The van der Waals surface area contributed by atoms with Crippen LogP contribution in [0.15, 0.2) is 24.5 Å². The second-order valence-corrected chi connectivity index (χ2v) is 13.8. The average Bonchev–Trinajstić information content (AvgIpc) is 3.31. The van der Waals surface area contributed by atoms with Crippen molar-refractivity contribution < 1.29 is 27.6 Å². The predicted molar refractivity (Wildman–Crippen MR) is 151 cm³/mol. The summed E-state index contributed by atoms with van der Waals surface area (Å²) in [7, 11) is -3.12. The highest BCUT2D eigenvalue weighted by molar-refractivity contribution is 7.70. The molecule has 0 unspecified atom stereocenters. The number of piperidine rings is 1. The number of aromatic amines is 1. The standard InChI is InChI=1S/C27H36F3N6O3P/c1-40(2,39)24-19(25(37)38)10-9-18-20(14-32-23(18)24)22-21(27(28,29)30)15-33-26(35-22)34-17-8-7-13-36(16-17)12-6-4-3-5-11-31/h9-10,14-15,17,32H,3-8,11-13,16,31H2,1-2H3,(H,37,38)(H,33,34,35)/t17-/m0/s1. The fourth-order valence-corrected chi connectivity index (χ4v) is 6.84. The highest BCUT2D eigenvalue weighted by atomic mass is 31.2. The van der Waals surface area contributed by atoms with Crippen molar-refractivity contribution in [3.05, 3.63) is 35.7 Å². The SMILES string of the molecule is CP(C)(=O)c1c(C(=O)O)ccc2c(-c3nc(N[C@H]4CCCN(CCCCCCN)C4)ncc3C(F)(F)F)c[nH]c12. The topological polar surface area (TPSA) is 137 Å². The van der Waals surface area contributed by atoms with Gasteiger partial charge in [-0.15, -0.1) is 0 Å². The second kappa shape index (κ2) is 12.3. The summed E-state index contributed by atoms with van der Waals surface area (Å²) >= 11 is 0. The lowest BCUT2D eigenvalue weighted by atomic mass is 10.0. The van der Waals surface area contributed by atoms with Gasteiger partial charge in [-0.3, -0.25) is 0 Å². The van der Waals surface area contributed by atoms with Crippen molar-refractivity contribution in [3.63, 3.8) is 0 Å². The van der Waals surface area contributed by atoms with Crippen LogP contribution in [0.2, 0.25) is 0 Å². The van der Waals surface area contributed by atoms with Gasteiger partial charge in [0.15, 0.2) is 0 Å². The number of nitrogens with two attached hydrogens (primary N) is 1. The number of benzene rings is 1. The van der Waals surface area contributed by atoms with Crippen LogP contribution in [0.5, 0.6) is 0 Å². The van der Waals surface area contributed by atoms with E-state index in [0.29, 0.717) is 11.9 Å². The molecule has 40 heavy (non-hydrogen) atoms. The number of H-pyrrole nitrogens is 1. The third kappa shape index (κ3) is 6.85. The van der Waals surface area contributed by atoms with Gasteiger partial charge in [0.2, 0.25) is 5.95 Å². The molecule has 1 saturated heterocycles. The van der Waals surface area contributed by atoms with Crippen molar-refractivity contribution in [2.24, 2.45) is 5.73 Å². The molecule has 4 rings (SSSR count). The average molecular weight is 581 g/mol. The first-order valence-corrected chi connectivity index (χ1v) is 16.1. The highest BCUT2D eigenvalue weighted by Crippen LogP contribution is 2.43. The smallest absolute Gasteiger partial charge is 0.419 e. The maximum atomic E-state index is 14.1. The molecule has 1 aromatic carbocycles. The molecule has 0 radical (unpaired) electrons. The minimum absolute atomic E-state index is 0.0128. The Kier molecular flexibility index (Phi) is 9.22. The number of rotatable bonds is 11. The van der Waals surface area contributed by atoms with Crippen LogP contribution < -0.4 is 16.4 Å². The van der Waals surface area contributed by atoms with Crippen molar-refractivity contribution in [3.8, 4) is 11.3 Å². The molecule has 1 aliphatic heterocycles. The number of carboxylic acids is 1. The molecule has 0 saturated carbocycles. The molecule has 3 aromatic rings. The molecule has 3 heterocycles.